The van der Waals surface area contributed by atoms with Gasteiger partial charge in [0.05, 0.1) is 7.05 Å². The first kappa shape index (κ1) is 5.08. The lowest BCUT2D eigenvalue weighted by Crippen LogP contribution is -2.38. The van der Waals surface area contributed by atoms with Gasteiger partial charge in [-0.25, -0.2) is 0 Å². The molecule has 0 N–H and O–H groups in total. The van der Waals surface area contributed by atoms with Crippen molar-refractivity contribution in [2.24, 2.45) is 7.05 Å². The van der Waals surface area contributed by atoms with Crippen molar-refractivity contribution in [2.45, 2.75) is 6.92 Å². The first-order valence-electron chi connectivity index (χ1n) is 2.30. The van der Waals surface area contributed by atoms with Crippen LogP contribution in [0, 0.1) is 12.1 Å². The molecule has 1 aromatic rings. The lowest BCUT2D eigenvalue weighted by molar-refractivity contribution is -0.702. The number of rotatable bonds is 0. The van der Waals surface area contributed by atoms with Crippen LogP contribution in [-0.2, 0) is 7.05 Å². The Morgan fingerprint density at radius 2 is 2.50 bits per heavy atom. The smallest absolute Gasteiger partial charge is 0.209 e. The molecular formula is C4H7N3O. The zero-order valence-corrected chi connectivity index (χ0v) is 4.83. The normalized spacial score (nSPS) is 9.75. The Balaban J connectivity index is 3.19. The van der Waals surface area contributed by atoms with Gasteiger partial charge in [-0.2, -0.15) is 4.85 Å². The van der Waals surface area contributed by atoms with E-state index in [2.05, 4.69) is 5.10 Å². The van der Waals surface area contributed by atoms with Crippen LogP contribution in [0.1, 0.15) is 5.69 Å². The van der Waals surface area contributed by atoms with Crippen molar-refractivity contribution in [1.82, 2.24) is 9.90 Å². The first-order valence-corrected chi connectivity index (χ1v) is 2.30. The van der Waals surface area contributed by atoms with Crippen LogP contribution in [0.15, 0.2) is 6.20 Å². The molecule has 0 saturated carbocycles. The van der Waals surface area contributed by atoms with Crippen molar-refractivity contribution >= 4 is 0 Å². The standard InChI is InChI=1S/C4H7N3O/c1-4-3-5-6(2)7(4)8/h3H,1-2H3. The van der Waals surface area contributed by atoms with Gasteiger partial charge in [-0.15, -0.1) is 0 Å². The quantitative estimate of drug-likeness (QED) is 0.332. The summed E-state index contributed by atoms with van der Waals surface area (Å²) in [7, 11) is 1.60. The van der Waals surface area contributed by atoms with E-state index >= 15 is 0 Å². The molecule has 8 heavy (non-hydrogen) atoms. The van der Waals surface area contributed by atoms with E-state index in [1.54, 1.807) is 14.0 Å². The minimum Gasteiger partial charge on any atom is -0.692 e. The minimum atomic E-state index is 0.618. The second-order valence-electron chi connectivity index (χ2n) is 1.65. The third kappa shape index (κ3) is 0.538. The molecule has 1 aromatic heterocycles. The van der Waals surface area contributed by atoms with E-state index in [-0.39, 0.29) is 0 Å². The van der Waals surface area contributed by atoms with Crippen LogP contribution in [0.25, 0.3) is 0 Å². The van der Waals surface area contributed by atoms with Crippen molar-refractivity contribution in [3.63, 3.8) is 0 Å². The lowest BCUT2D eigenvalue weighted by atomic mass is 10.6. The van der Waals surface area contributed by atoms with E-state index in [4.69, 9.17) is 0 Å². The van der Waals surface area contributed by atoms with Gasteiger partial charge in [-0.05, 0) is 4.80 Å². The van der Waals surface area contributed by atoms with E-state index in [0.717, 1.165) is 4.85 Å². The van der Waals surface area contributed by atoms with Crippen molar-refractivity contribution in [3.8, 4) is 0 Å². The van der Waals surface area contributed by atoms with E-state index < -0.39 is 0 Å². The fourth-order valence-corrected chi connectivity index (χ4v) is 0.492. The summed E-state index contributed by atoms with van der Waals surface area (Å²) >= 11 is 0. The molecule has 0 aliphatic heterocycles. The molecule has 1 rings (SSSR count). The fourth-order valence-electron chi connectivity index (χ4n) is 0.492. The Labute approximate surface area is 46.9 Å². The Bertz CT molecular complexity index is 174. The average Bonchev–Trinajstić information content (AvgIpc) is 1.98. The zero-order valence-electron chi connectivity index (χ0n) is 4.83. The highest BCUT2D eigenvalue weighted by Gasteiger charge is 1.99. The summed E-state index contributed by atoms with van der Waals surface area (Å²) in [6.45, 7) is 1.71. The van der Waals surface area contributed by atoms with Gasteiger partial charge in [0.25, 0.3) is 0 Å². The van der Waals surface area contributed by atoms with Crippen LogP contribution in [0.3, 0.4) is 0 Å². The molecule has 0 aliphatic rings. The zero-order chi connectivity index (χ0) is 6.15. The number of nitrogens with zero attached hydrogens (tertiary/aromatic N) is 3. The maximum absolute atomic E-state index is 10.6. The van der Waals surface area contributed by atoms with E-state index in [1.807, 2.05) is 0 Å². The minimum absolute atomic E-state index is 0.618. The summed E-state index contributed by atoms with van der Waals surface area (Å²) < 4.78 is 0. The number of hydrogen-bond donors (Lipinski definition) is 0. The van der Waals surface area contributed by atoms with E-state index in [1.165, 1.54) is 11.0 Å². The predicted octanol–water partition coefficient (Wildman–Crippen LogP) is -0.638. The molecule has 0 aliphatic carbocycles. The second-order valence-corrected chi connectivity index (χ2v) is 1.65. The van der Waals surface area contributed by atoms with Gasteiger partial charge in [0.15, 0.2) is 5.69 Å². The van der Waals surface area contributed by atoms with Crippen LogP contribution in [0.5, 0.6) is 0 Å². The van der Waals surface area contributed by atoms with Gasteiger partial charge in [0, 0.05) is 12.0 Å². The van der Waals surface area contributed by atoms with Gasteiger partial charge in [-0.1, -0.05) is 0 Å². The molecule has 44 valence electrons. The summed E-state index contributed by atoms with van der Waals surface area (Å²) in [5.74, 6) is 0. The van der Waals surface area contributed by atoms with Gasteiger partial charge < -0.3 is 5.21 Å². The molecule has 0 fully saturated rings. The van der Waals surface area contributed by atoms with E-state index in [9.17, 15) is 5.21 Å². The third-order valence-corrected chi connectivity index (χ3v) is 0.976. The molecule has 0 aromatic carbocycles. The van der Waals surface area contributed by atoms with Crippen LogP contribution in [-0.4, -0.2) is 9.90 Å². The molecule has 0 amide bonds. The molecular weight excluding hydrogens is 106 g/mol. The molecule has 1 heterocycles. The Kier molecular flexibility index (Phi) is 0.932. The van der Waals surface area contributed by atoms with Gasteiger partial charge in [0.2, 0.25) is 6.20 Å². The Hall–Kier alpha value is -1.06. The van der Waals surface area contributed by atoms with Crippen LogP contribution >= 0.6 is 0 Å². The van der Waals surface area contributed by atoms with Crippen LogP contribution < -0.4 is 4.85 Å². The molecule has 0 saturated heterocycles. The number of aryl methyl sites for hydroxylation is 2. The molecule has 0 radical (unpaired) electrons. The maximum atomic E-state index is 10.6. The summed E-state index contributed by atoms with van der Waals surface area (Å²) in [4.78, 5) is 1.95. The first-order chi connectivity index (χ1) is 3.72. The van der Waals surface area contributed by atoms with Crippen LogP contribution in [0.2, 0.25) is 0 Å². The predicted molar refractivity (Wildman–Crippen MR) is 26.9 cm³/mol. The van der Waals surface area contributed by atoms with Crippen LogP contribution in [0.4, 0.5) is 0 Å². The van der Waals surface area contributed by atoms with Crippen molar-refractivity contribution in [3.05, 3.63) is 17.1 Å². The molecule has 0 unspecified atom stereocenters. The molecule has 0 atom stereocenters. The summed E-state index contributed by atoms with van der Waals surface area (Å²) in [5.41, 5.74) is 0.618. The van der Waals surface area contributed by atoms with Crippen molar-refractivity contribution in [1.29, 1.82) is 0 Å². The highest BCUT2D eigenvalue weighted by molar-refractivity contribution is 4.76. The largest absolute Gasteiger partial charge is 0.692 e. The molecule has 0 bridgehead atoms. The van der Waals surface area contributed by atoms with Gasteiger partial charge in [-0.3, -0.25) is 0 Å². The SMILES string of the molecule is Cc1cnn(C)[n+]1[O-]. The van der Waals surface area contributed by atoms with Crippen molar-refractivity contribution < 1.29 is 4.85 Å². The Morgan fingerprint density at radius 3 is 2.62 bits per heavy atom. The summed E-state index contributed by atoms with van der Waals surface area (Å²) in [5, 5.41) is 14.3. The molecule has 4 heteroatoms. The molecule has 0 spiro atoms. The van der Waals surface area contributed by atoms with E-state index in [0.29, 0.717) is 5.69 Å². The average molecular weight is 113 g/mol. The van der Waals surface area contributed by atoms with Crippen molar-refractivity contribution in [2.75, 3.05) is 0 Å². The summed E-state index contributed by atoms with van der Waals surface area (Å²) in [6.07, 6.45) is 1.52. The third-order valence-electron chi connectivity index (χ3n) is 0.976. The topological polar surface area (TPSA) is 44.8 Å². The fraction of sp³-hybridized carbons (Fsp3) is 0.500. The number of aromatic nitrogens is 3. The second kappa shape index (κ2) is 1.47. The van der Waals surface area contributed by atoms with Gasteiger partial charge >= 0.3 is 0 Å². The highest BCUT2D eigenvalue weighted by Crippen LogP contribution is 1.78. The Morgan fingerprint density at radius 1 is 1.88 bits per heavy atom. The monoisotopic (exact) mass is 113 g/mol. The highest BCUT2D eigenvalue weighted by atomic mass is 16.5. The summed E-state index contributed by atoms with van der Waals surface area (Å²) in [6, 6.07) is 0. The maximum Gasteiger partial charge on any atom is 0.209 e. The molecule has 4 nitrogen and oxygen atoms in total. The number of hydrogen-bond acceptors (Lipinski definition) is 2. The van der Waals surface area contributed by atoms with Gasteiger partial charge in [0.1, 0.15) is 0 Å². The lowest BCUT2D eigenvalue weighted by Gasteiger charge is -1.97.